The number of benzene rings is 2. The second-order valence-electron chi connectivity index (χ2n) is 3.70. The lowest BCUT2D eigenvalue weighted by molar-refractivity contribution is -0.354. The first-order chi connectivity index (χ1) is 8.69. The molecule has 0 amide bonds. The zero-order chi connectivity index (χ0) is 13.0. The molecule has 0 saturated carbocycles. The summed E-state index contributed by atoms with van der Waals surface area (Å²) in [5.41, 5.74) is 1.13. The van der Waals surface area contributed by atoms with E-state index in [9.17, 15) is 9.60 Å². The highest BCUT2D eigenvalue weighted by molar-refractivity contribution is 5.76. The van der Waals surface area contributed by atoms with E-state index in [1.54, 1.807) is 31.4 Å². The summed E-state index contributed by atoms with van der Waals surface area (Å²) in [6.07, 6.45) is 1.42. The van der Waals surface area contributed by atoms with E-state index in [0.29, 0.717) is 10.4 Å². The van der Waals surface area contributed by atoms with Crippen molar-refractivity contribution in [3.8, 4) is 5.75 Å². The Hall–Kier alpha value is -2.36. The van der Waals surface area contributed by atoms with Gasteiger partial charge in [-0.1, -0.05) is 0 Å². The number of hydrogen-bond acceptors (Lipinski definition) is 2. The van der Waals surface area contributed by atoms with Gasteiger partial charge in [0.1, 0.15) is 11.6 Å². The molecule has 92 valence electrons. The Labute approximate surface area is 104 Å². The number of nitrogens with zero attached hydrogens (tertiary/aromatic N) is 1. The Morgan fingerprint density at radius 1 is 1.06 bits per heavy atom. The predicted molar refractivity (Wildman–Crippen MR) is 67.8 cm³/mol. The van der Waals surface area contributed by atoms with Crippen molar-refractivity contribution in [3.63, 3.8) is 0 Å². The van der Waals surface area contributed by atoms with Crippen molar-refractivity contribution in [3.05, 3.63) is 65.1 Å². The minimum Gasteiger partial charge on any atom is -0.618 e. The van der Waals surface area contributed by atoms with Crippen LogP contribution in [0.25, 0.3) is 0 Å². The Kier molecular flexibility index (Phi) is 3.57. The third-order valence-corrected chi connectivity index (χ3v) is 2.46. The van der Waals surface area contributed by atoms with E-state index in [0.717, 1.165) is 11.3 Å². The van der Waals surface area contributed by atoms with Crippen LogP contribution in [-0.2, 0) is 0 Å². The highest BCUT2D eigenvalue weighted by Gasteiger charge is 2.02. The van der Waals surface area contributed by atoms with Crippen molar-refractivity contribution >= 4 is 11.9 Å². The number of halogens is 1. The van der Waals surface area contributed by atoms with Gasteiger partial charge in [0.25, 0.3) is 0 Å². The molecule has 0 spiro atoms. The van der Waals surface area contributed by atoms with Gasteiger partial charge >= 0.3 is 0 Å². The third-order valence-electron chi connectivity index (χ3n) is 2.46. The van der Waals surface area contributed by atoms with Crippen LogP contribution in [0.5, 0.6) is 5.75 Å². The third kappa shape index (κ3) is 2.85. The van der Waals surface area contributed by atoms with Gasteiger partial charge in [-0.05, 0) is 36.4 Å². The Bertz CT molecular complexity index is 547. The first kappa shape index (κ1) is 12.1. The molecule has 0 N–H and O–H groups in total. The molecule has 2 aromatic carbocycles. The summed E-state index contributed by atoms with van der Waals surface area (Å²) in [6.45, 7) is 0. The molecule has 18 heavy (non-hydrogen) atoms. The standard InChI is InChI=1S/C14H12FNO2/c1-18-14-8-2-11(3-9-14)10-16(17)13-6-4-12(15)5-7-13/h2-10H,1H3/b16-10+. The molecule has 2 aromatic rings. The van der Waals surface area contributed by atoms with Crippen LogP contribution >= 0.6 is 0 Å². The SMILES string of the molecule is COc1ccc(/C=[N+](/[O-])c2ccc(F)cc2)cc1. The van der Waals surface area contributed by atoms with E-state index in [-0.39, 0.29) is 5.82 Å². The van der Waals surface area contributed by atoms with Gasteiger partial charge in [-0.2, -0.15) is 4.74 Å². The molecule has 4 heteroatoms. The van der Waals surface area contributed by atoms with Crippen molar-refractivity contribution in [2.45, 2.75) is 0 Å². The zero-order valence-electron chi connectivity index (χ0n) is 9.84. The second kappa shape index (κ2) is 5.31. The van der Waals surface area contributed by atoms with Crippen LogP contribution in [0.4, 0.5) is 10.1 Å². The fraction of sp³-hybridized carbons (Fsp3) is 0.0714. The molecular weight excluding hydrogens is 233 g/mol. The summed E-state index contributed by atoms with van der Waals surface area (Å²) in [4.78, 5) is 0. The van der Waals surface area contributed by atoms with Gasteiger partial charge in [0, 0.05) is 17.7 Å². The lowest BCUT2D eigenvalue weighted by Gasteiger charge is -2.03. The Morgan fingerprint density at radius 2 is 1.67 bits per heavy atom. The maximum Gasteiger partial charge on any atom is 0.216 e. The lowest BCUT2D eigenvalue weighted by Crippen LogP contribution is -1.98. The van der Waals surface area contributed by atoms with Gasteiger partial charge in [-0.15, -0.1) is 0 Å². The molecular formula is C14H12FNO2. The van der Waals surface area contributed by atoms with Crippen molar-refractivity contribution in [1.82, 2.24) is 0 Å². The molecule has 0 heterocycles. The number of ether oxygens (including phenoxy) is 1. The lowest BCUT2D eigenvalue weighted by atomic mass is 10.2. The molecule has 3 nitrogen and oxygen atoms in total. The summed E-state index contributed by atoms with van der Waals surface area (Å²) < 4.78 is 18.4. The molecule has 0 radical (unpaired) electrons. The largest absolute Gasteiger partial charge is 0.618 e. The van der Waals surface area contributed by atoms with Crippen molar-refractivity contribution in [2.75, 3.05) is 7.11 Å². The Morgan fingerprint density at radius 3 is 2.22 bits per heavy atom. The van der Waals surface area contributed by atoms with Crippen LogP contribution in [0.2, 0.25) is 0 Å². The average Bonchev–Trinajstić information content (AvgIpc) is 2.40. The maximum absolute atomic E-state index is 12.7. The highest BCUT2D eigenvalue weighted by atomic mass is 19.1. The van der Waals surface area contributed by atoms with Crippen LogP contribution in [-0.4, -0.2) is 18.1 Å². The molecule has 0 aliphatic carbocycles. The minimum atomic E-state index is -0.364. The van der Waals surface area contributed by atoms with Crippen molar-refractivity contribution < 1.29 is 13.9 Å². The summed E-state index contributed by atoms with van der Waals surface area (Å²) >= 11 is 0. The van der Waals surface area contributed by atoms with Gasteiger partial charge in [-0.25, -0.2) is 4.39 Å². The number of rotatable bonds is 3. The number of hydrogen-bond donors (Lipinski definition) is 0. The molecule has 0 unspecified atom stereocenters. The minimum absolute atomic E-state index is 0.364. The summed E-state index contributed by atoms with van der Waals surface area (Å²) in [6, 6.07) is 12.4. The molecule has 0 atom stereocenters. The van der Waals surface area contributed by atoms with E-state index in [2.05, 4.69) is 0 Å². The fourth-order valence-corrected chi connectivity index (χ4v) is 1.49. The summed E-state index contributed by atoms with van der Waals surface area (Å²) in [5, 5.41) is 11.8. The highest BCUT2D eigenvalue weighted by Crippen LogP contribution is 2.13. The molecule has 0 aliphatic heterocycles. The van der Waals surface area contributed by atoms with Crippen molar-refractivity contribution in [2.24, 2.45) is 0 Å². The molecule has 0 saturated heterocycles. The summed E-state index contributed by atoms with van der Waals surface area (Å²) in [7, 11) is 1.58. The van der Waals surface area contributed by atoms with Gasteiger partial charge in [0.15, 0.2) is 6.21 Å². The smallest absolute Gasteiger partial charge is 0.216 e. The molecule has 2 rings (SSSR count). The van der Waals surface area contributed by atoms with Crippen LogP contribution in [0.1, 0.15) is 5.56 Å². The molecule has 0 bridgehead atoms. The topological polar surface area (TPSA) is 35.3 Å². The normalized spacial score (nSPS) is 11.3. The second-order valence-corrected chi connectivity index (χ2v) is 3.70. The number of methoxy groups -OCH3 is 1. The zero-order valence-corrected chi connectivity index (χ0v) is 9.84. The van der Waals surface area contributed by atoms with Gasteiger partial charge in [0.05, 0.1) is 7.11 Å². The summed E-state index contributed by atoms with van der Waals surface area (Å²) in [5.74, 6) is 0.364. The van der Waals surface area contributed by atoms with E-state index >= 15 is 0 Å². The fourth-order valence-electron chi connectivity index (χ4n) is 1.49. The van der Waals surface area contributed by atoms with E-state index in [1.807, 2.05) is 0 Å². The van der Waals surface area contributed by atoms with Gasteiger partial charge < -0.3 is 9.94 Å². The van der Waals surface area contributed by atoms with E-state index < -0.39 is 0 Å². The van der Waals surface area contributed by atoms with Crippen LogP contribution in [0, 0.1) is 11.0 Å². The van der Waals surface area contributed by atoms with Crippen LogP contribution < -0.4 is 4.74 Å². The first-order valence-corrected chi connectivity index (χ1v) is 5.40. The monoisotopic (exact) mass is 245 g/mol. The molecule has 0 fully saturated rings. The van der Waals surface area contributed by atoms with Crippen LogP contribution in [0.15, 0.2) is 48.5 Å². The van der Waals surface area contributed by atoms with Gasteiger partial charge in [-0.3, -0.25) is 0 Å². The van der Waals surface area contributed by atoms with E-state index in [1.165, 1.54) is 30.5 Å². The van der Waals surface area contributed by atoms with Crippen molar-refractivity contribution in [1.29, 1.82) is 0 Å². The maximum atomic E-state index is 12.7. The van der Waals surface area contributed by atoms with Gasteiger partial charge in [0.2, 0.25) is 5.69 Å². The molecule has 0 aromatic heterocycles. The quantitative estimate of drug-likeness (QED) is 0.360. The average molecular weight is 245 g/mol. The Balaban J connectivity index is 2.23. The predicted octanol–water partition coefficient (Wildman–Crippen LogP) is 3.10. The van der Waals surface area contributed by atoms with E-state index in [4.69, 9.17) is 4.74 Å². The first-order valence-electron chi connectivity index (χ1n) is 5.40. The van der Waals surface area contributed by atoms with Crippen LogP contribution in [0.3, 0.4) is 0 Å². The molecule has 0 aliphatic rings.